The zero-order chi connectivity index (χ0) is 25.4. The van der Waals surface area contributed by atoms with Crippen molar-refractivity contribution in [2.45, 2.75) is 19.0 Å². The number of aryl methyl sites for hydroxylation is 1. The molecule has 0 bridgehead atoms. The van der Waals surface area contributed by atoms with Gasteiger partial charge in [-0.15, -0.1) is 0 Å². The standard InChI is InChI=1S/C29H27ClN4O2S/c1-19-5-6-20(30)18-23(19)25-11-12-26(36-25)28-27(24-4-2-3-13-31-24)32-29(37)34(28)22-9-7-21(8-10-22)33-14-16-35-17-15-33/h2-13,18,27-28H,14-17H2,1H3,(H,32,37)/t27-,28-/m1/s1. The third-order valence-electron chi connectivity index (χ3n) is 6.99. The molecule has 2 aromatic heterocycles. The maximum Gasteiger partial charge on any atom is 0.174 e. The van der Waals surface area contributed by atoms with Gasteiger partial charge in [-0.3, -0.25) is 4.98 Å². The summed E-state index contributed by atoms with van der Waals surface area (Å²) < 4.78 is 12.0. The molecule has 0 saturated carbocycles. The van der Waals surface area contributed by atoms with E-state index in [-0.39, 0.29) is 12.1 Å². The van der Waals surface area contributed by atoms with Gasteiger partial charge in [0.1, 0.15) is 17.6 Å². The van der Waals surface area contributed by atoms with Crippen molar-refractivity contribution in [1.29, 1.82) is 0 Å². The van der Waals surface area contributed by atoms with Gasteiger partial charge in [-0.05, 0) is 85.4 Å². The van der Waals surface area contributed by atoms with Crippen LogP contribution in [0.5, 0.6) is 0 Å². The smallest absolute Gasteiger partial charge is 0.174 e. The molecular weight excluding hydrogens is 504 g/mol. The number of morpholine rings is 1. The fourth-order valence-electron chi connectivity index (χ4n) is 5.08. The lowest BCUT2D eigenvalue weighted by Crippen LogP contribution is -2.36. The second-order valence-corrected chi connectivity index (χ2v) is 10.1. The molecule has 2 aliphatic heterocycles. The lowest BCUT2D eigenvalue weighted by atomic mass is 10.0. The SMILES string of the molecule is Cc1ccc(Cl)cc1-c1ccc([C@@H]2[C@@H](c3ccccn3)NC(=S)N2c2ccc(N3CCOCC3)cc2)o1. The van der Waals surface area contributed by atoms with Crippen LogP contribution in [0.15, 0.2) is 83.4 Å². The van der Waals surface area contributed by atoms with Gasteiger partial charge in [0.2, 0.25) is 0 Å². The minimum atomic E-state index is -0.218. The fourth-order valence-corrected chi connectivity index (χ4v) is 5.60. The maximum atomic E-state index is 6.51. The van der Waals surface area contributed by atoms with Crippen molar-refractivity contribution in [3.63, 3.8) is 0 Å². The van der Waals surface area contributed by atoms with E-state index >= 15 is 0 Å². The number of rotatable bonds is 5. The van der Waals surface area contributed by atoms with Crippen molar-refractivity contribution in [2.24, 2.45) is 0 Å². The van der Waals surface area contributed by atoms with Crippen LogP contribution in [-0.2, 0) is 4.74 Å². The molecule has 0 aliphatic carbocycles. The Kier molecular flexibility index (Phi) is 6.59. The topological polar surface area (TPSA) is 53.8 Å². The van der Waals surface area contributed by atoms with Gasteiger partial charge < -0.3 is 24.3 Å². The maximum absolute atomic E-state index is 6.51. The summed E-state index contributed by atoms with van der Waals surface area (Å²) in [6.45, 7) is 5.35. The zero-order valence-electron chi connectivity index (χ0n) is 20.4. The van der Waals surface area contributed by atoms with Crippen molar-refractivity contribution < 1.29 is 9.15 Å². The van der Waals surface area contributed by atoms with E-state index < -0.39 is 0 Å². The minimum Gasteiger partial charge on any atom is -0.459 e. The van der Waals surface area contributed by atoms with Crippen molar-refractivity contribution in [2.75, 3.05) is 36.1 Å². The number of hydrogen-bond donors (Lipinski definition) is 1. The van der Waals surface area contributed by atoms with Crippen LogP contribution in [-0.4, -0.2) is 36.4 Å². The van der Waals surface area contributed by atoms with Gasteiger partial charge in [-0.25, -0.2) is 0 Å². The number of thiocarbonyl (C=S) groups is 1. The first kappa shape index (κ1) is 24.0. The number of furan rings is 1. The molecule has 2 fully saturated rings. The van der Waals surface area contributed by atoms with E-state index in [4.69, 9.17) is 33.0 Å². The van der Waals surface area contributed by atoms with E-state index in [2.05, 4.69) is 51.3 Å². The van der Waals surface area contributed by atoms with Crippen molar-refractivity contribution in [3.05, 3.63) is 101 Å². The number of aromatic nitrogens is 1. The lowest BCUT2D eigenvalue weighted by Gasteiger charge is -2.30. The van der Waals surface area contributed by atoms with Gasteiger partial charge in [0.25, 0.3) is 0 Å². The zero-order valence-corrected chi connectivity index (χ0v) is 22.0. The van der Waals surface area contributed by atoms with Crippen LogP contribution in [0.2, 0.25) is 5.02 Å². The Hall–Kier alpha value is -3.39. The van der Waals surface area contributed by atoms with E-state index in [1.54, 1.807) is 6.20 Å². The first-order valence-corrected chi connectivity index (χ1v) is 13.2. The number of anilines is 2. The van der Waals surface area contributed by atoms with E-state index in [1.165, 1.54) is 5.69 Å². The third-order valence-corrected chi connectivity index (χ3v) is 7.54. The molecule has 2 aliphatic rings. The number of hydrogen-bond acceptors (Lipinski definition) is 5. The molecule has 0 radical (unpaired) electrons. The number of nitrogens with zero attached hydrogens (tertiary/aromatic N) is 3. The highest BCUT2D eigenvalue weighted by Crippen LogP contribution is 2.43. The van der Waals surface area contributed by atoms with E-state index in [0.717, 1.165) is 60.3 Å². The summed E-state index contributed by atoms with van der Waals surface area (Å²) in [5.41, 5.74) is 5.15. The second kappa shape index (κ2) is 10.2. The molecule has 4 aromatic rings. The second-order valence-electron chi connectivity index (χ2n) is 9.27. The normalized spacial score (nSPS) is 19.8. The molecule has 0 unspecified atom stereocenters. The predicted octanol–water partition coefficient (Wildman–Crippen LogP) is 6.32. The van der Waals surface area contributed by atoms with E-state index in [9.17, 15) is 0 Å². The average Bonchev–Trinajstić information content (AvgIpc) is 3.56. The Bertz CT molecular complexity index is 1400. The van der Waals surface area contributed by atoms with Gasteiger partial charge in [0.05, 0.1) is 24.9 Å². The van der Waals surface area contributed by atoms with Crippen LogP contribution < -0.4 is 15.1 Å². The quantitative estimate of drug-likeness (QED) is 0.303. The minimum absolute atomic E-state index is 0.174. The van der Waals surface area contributed by atoms with Gasteiger partial charge in [-0.1, -0.05) is 23.7 Å². The Morgan fingerprint density at radius 1 is 0.973 bits per heavy atom. The van der Waals surface area contributed by atoms with Gasteiger partial charge >= 0.3 is 0 Å². The number of halogens is 1. The van der Waals surface area contributed by atoms with Crippen LogP contribution >= 0.6 is 23.8 Å². The van der Waals surface area contributed by atoms with Crippen molar-refractivity contribution in [1.82, 2.24) is 10.3 Å². The number of benzene rings is 2. The molecule has 37 heavy (non-hydrogen) atoms. The van der Waals surface area contributed by atoms with Crippen molar-refractivity contribution in [3.8, 4) is 11.3 Å². The molecular formula is C29H27ClN4O2S. The Morgan fingerprint density at radius 2 is 1.76 bits per heavy atom. The molecule has 0 spiro atoms. The molecule has 0 amide bonds. The highest BCUT2D eigenvalue weighted by atomic mass is 35.5. The third kappa shape index (κ3) is 4.70. The van der Waals surface area contributed by atoms with E-state index in [1.807, 2.05) is 48.5 Å². The molecule has 2 atom stereocenters. The predicted molar refractivity (Wildman–Crippen MR) is 151 cm³/mol. The highest BCUT2D eigenvalue weighted by Gasteiger charge is 2.42. The summed E-state index contributed by atoms with van der Waals surface area (Å²) in [6, 6.07) is 24.0. The summed E-state index contributed by atoms with van der Waals surface area (Å²) in [5.74, 6) is 1.57. The average molecular weight is 531 g/mol. The molecule has 2 saturated heterocycles. The lowest BCUT2D eigenvalue weighted by molar-refractivity contribution is 0.122. The molecule has 6 nitrogen and oxygen atoms in total. The Morgan fingerprint density at radius 3 is 2.51 bits per heavy atom. The van der Waals surface area contributed by atoms with Gasteiger partial charge in [0, 0.05) is 41.2 Å². The fraction of sp³-hybridized carbons (Fsp3) is 0.241. The largest absolute Gasteiger partial charge is 0.459 e. The first-order valence-electron chi connectivity index (χ1n) is 12.4. The number of nitrogens with one attached hydrogen (secondary N) is 1. The summed E-state index contributed by atoms with van der Waals surface area (Å²) >= 11 is 12.2. The summed E-state index contributed by atoms with van der Waals surface area (Å²) in [4.78, 5) is 9.11. The van der Waals surface area contributed by atoms with E-state index in [0.29, 0.717) is 10.1 Å². The van der Waals surface area contributed by atoms with Gasteiger partial charge in [0.15, 0.2) is 5.11 Å². The molecule has 2 aromatic carbocycles. The summed E-state index contributed by atoms with van der Waals surface area (Å²) in [6.07, 6.45) is 1.81. The van der Waals surface area contributed by atoms with Crippen LogP contribution in [0, 0.1) is 6.92 Å². The Labute approximate surface area is 226 Å². The number of ether oxygens (including phenoxy) is 1. The number of pyridine rings is 1. The van der Waals surface area contributed by atoms with Crippen LogP contribution in [0.1, 0.15) is 29.1 Å². The molecule has 8 heteroatoms. The van der Waals surface area contributed by atoms with Crippen LogP contribution in [0.4, 0.5) is 11.4 Å². The monoisotopic (exact) mass is 530 g/mol. The van der Waals surface area contributed by atoms with Crippen LogP contribution in [0.25, 0.3) is 11.3 Å². The molecule has 6 rings (SSSR count). The highest BCUT2D eigenvalue weighted by molar-refractivity contribution is 7.80. The summed E-state index contributed by atoms with van der Waals surface area (Å²) in [7, 11) is 0. The molecule has 1 N–H and O–H groups in total. The van der Waals surface area contributed by atoms with Crippen LogP contribution in [0.3, 0.4) is 0 Å². The first-order chi connectivity index (χ1) is 18.1. The molecule has 188 valence electrons. The Balaban J connectivity index is 1.38. The summed E-state index contributed by atoms with van der Waals surface area (Å²) in [5, 5.41) is 4.81. The van der Waals surface area contributed by atoms with Crippen molar-refractivity contribution >= 4 is 40.3 Å². The molecule has 4 heterocycles. The van der Waals surface area contributed by atoms with Gasteiger partial charge in [-0.2, -0.15) is 0 Å².